The zero-order chi connectivity index (χ0) is 19.4. The summed E-state index contributed by atoms with van der Waals surface area (Å²) in [7, 11) is 0. The Morgan fingerprint density at radius 3 is 2.30 bits per heavy atom. The van der Waals surface area contributed by atoms with E-state index < -0.39 is 0 Å². The van der Waals surface area contributed by atoms with E-state index in [2.05, 4.69) is 29.0 Å². The van der Waals surface area contributed by atoms with Crippen LogP contribution in [-0.4, -0.2) is 84.4 Å². The first-order valence-electron chi connectivity index (χ1n) is 11.0. The number of hydrogen-bond donors (Lipinski definition) is 1. The number of likely N-dealkylation sites (tertiary alicyclic amines) is 1. The van der Waals surface area contributed by atoms with Crippen LogP contribution in [0.4, 0.5) is 0 Å². The third kappa shape index (κ3) is 5.23. The quantitative estimate of drug-likeness (QED) is 0.789. The molecule has 0 radical (unpaired) electrons. The summed E-state index contributed by atoms with van der Waals surface area (Å²) in [5, 5.41) is 3.32. The molecular weight excluding hydrogens is 340 g/mol. The van der Waals surface area contributed by atoms with Crippen LogP contribution >= 0.6 is 0 Å². The normalized spacial score (nSPS) is 31.7. The van der Waals surface area contributed by atoms with Crippen LogP contribution < -0.4 is 5.32 Å². The van der Waals surface area contributed by atoms with Crippen LogP contribution in [0.3, 0.4) is 0 Å². The highest BCUT2D eigenvalue weighted by atomic mass is 16.2. The van der Waals surface area contributed by atoms with E-state index >= 15 is 0 Å². The molecule has 1 aliphatic carbocycles. The van der Waals surface area contributed by atoms with E-state index in [1.54, 1.807) is 0 Å². The Kier molecular flexibility index (Phi) is 7.15. The number of nitrogens with one attached hydrogen (secondary N) is 1. The number of amides is 2. The number of carbonyl (C=O) groups is 2. The molecule has 154 valence electrons. The second-order valence-corrected chi connectivity index (χ2v) is 8.96. The van der Waals surface area contributed by atoms with Crippen molar-refractivity contribution in [3.63, 3.8) is 0 Å². The van der Waals surface area contributed by atoms with Gasteiger partial charge in [0.2, 0.25) is 11.8 Å². The summed E-state index contributed by atoms with van der Waals surface area (Å²) in [6.07, 6.45) is 5.89. The Morgan fingerprint density at radius 1 is 0.963 bits per heavy atom. The smallest absolute Gasteiger partial charge is 0.237 e. The van der Waals surface area contributed by atoms with Crippen molar-refractivity contribution in [2.45, 2.75) is 65.0 Å². The topological polar surface area (TPSA) is 55.9 Å². The van der Waals surface area contributed by atoms with E-state index in [1.807, 2.05) is 11.8 Å². The summed E-state index contributed by atoms with van der Waals surface area (Å²) in [5.74, 6) is 1.69. The van der Waals surface area contributed by atoms with Gasteiger partial charge >= 0.3 is 0 Å². The molecule has 2 aliphatic heterocycles. The zero-order valence-corrected chi connectivity index (χ0v) is 17.5. The monoisotopic (exact) mass is 378 g/mol. The fourth-order valence-corrected chi connectivity index (χ4v) is 4.82. The largest absolute Gasteiger partial charge is 0.352 e. The molecule has 27 heavy (non-hydrogen) atoms. The second kappa shape index (κ2) is 9.37. The van der Waals surface area contributed by atoms with Crippen molar-refractivity contribution in [2.24, 2.45) is 11.8 Å². The SMILES string of the molecule is CC1CCCC(NC(=O)C(C)N2CCN(CC(=O)N3CCCC3)CC2)C1C. The summed E-state index contributed by atoms with van der Waals surface area (Å²) < 4.78 is 0. The van der Waals surface area contributed by atoms with Crippen LogP contribution in [0.2, 0.25) is 0 Å². The van der Waals surface area contributed by atoms with Gasteiger partial charge in [-0.2, -0.15) is 0 Å². The van der Waals surface area contributed by atoms with Gasteiger partial charge in [0, 0.05) is 45.3 Å². The van der Waals surface area contributed by atoms with Crippen molar-refractivity contribution in [1.29, 1.82) is 0 Å². The maximum atomic E-state index is 12.8. The number of carbonyl (C=O) groups excluding carboxylic acids is 2. The number of rotatable bonds is 5. The molecular formula is C21H38N4O2. The minimum atomic E-state index is -0.0918. The van der Waals surface area contributed by atoms with E-state index in [9.17, 15) is 9.59 Å². The second-order valence-electron chi connectivity index (χ2n) is 8.96. The van der Waals surface area contributed by atoms with Gasteiger partial charge in [-0.05, 0) is 38.0 Å². The lowest BCUT2D eigenvalue weighted by molar-refractivity contribution is -0.133. The fourth-order valence-electron chi connectivity index (χ4n) is 4.82. The first-order chi connectivity index (χ1) is 13.0. The van der Waals surface area contributed by atoms with Gasteiger partial charge in [-0.25, -0.2) is 0 Å². The molecule has 2 amide bonds. The van der Waals surface area contributed by atoms with Crippen LogP contribution in [0.1, 0.15) is 52.9 Å². The van der Waals surface area contributed by atoms with Gasteiger partial charge in [-0.1, -0.05) is 26.7 Å². The van der Waals surface area contributed by atoms with E-state index in [0.717, 1.165) is 58.5 Å². The predicted molar refractivity (Wildman–Crippen MR) is 107 cm³/mol. The summed E-state index contributed by atoms with van der Waals surface area (Å²) >= 11 is 0. The van der Waals surface area contributed by atoms with Crippen molar-refractivity contribution in [3.8, 4) is 0 Å². The summed E-state index contributed by atoms with van der Waals surface area (Å²) in [4.78, 5) is 31.6. The summed E-state index contributed by atoms with van der Waals surface area (Å²) in [6, 6.07) is 0.230. The zero-order valence-electron chi connectivity index (χ0n) is 17.5. The van der Waals surface area contributed by atoms with Crippen LogP contribution in [0.5, 0.6) is 0 Å². The molecule has 0 aromatic rings. The van der Waals surface area contributed by atoms with Crippen LogP contribution in [-0.2, 0) is 9.59 Å². The molecule has 0 aromatic heterocycles. The molecule has 1 saturated carbocycles. The number of piperazine rings is 1. The van der Waals surface area contributed by atoms with Gasteiger partial charge < -0.3 is 10.2 Å². The summed E-state index contributed by atoms with van der Waals surface area (Å²) in [5.41, 5.74) is 0. The van der Waals surface area contributed by atoms with E-state index in [-0.39, 0.29) is 17.9 Å². The molecule has 6 heteroatoms. The lowest BCUT2D eigenvalue weighted by Gasteiger charge is -2.39. The molecule has 3 aliphatic rings. The van der Waals surface area contributed by atoms with Crippen molar-refractivity contribution in [3.05, 3.63) is 0 Å². The van der Waals surface area contributed by atoms with Gasteiger partial charge in [0.15, 0.2) is 0 Å². The average Bonchev–Trinajstić information content (AvgIpc) is 3.20. The van der Waals surface area contributed by atoms with Crippen molar-refractivity contribution >= 4 is 11.8 Å². The van der Waals surface area contributed by atoms with Gasteiger partial charge in [0.1, 0.15) is 0 Å². The predicted octanol–water partition coefficient (Wildman–Crippen LogP) is 1.56. The lowest BCUT2D eigenvalue weighted by Crippen LogP contribution is -2.57. The molecule has 2 saturated heterocycles. The summed E-state index contributed by atoms with van der Waals surface area (Å²) in [6.45, 7) is 12.4. The highest BCUT2D eigenvalue weighted by molar-refractivity contribution is 5.81. The van der Waals surface area contributed by atoms with Gasteiger partial charge in [-0.3, -0.25) is 19.4 Å². The van der Waals surface area contributed by atoms with E-state index in [0.29, 0.717) is 24.4 Å². The first-order valence-corrected chi connectivity index (χ1v) is 11.0. The Labute approximate surface area is 164 Å². The third-order valence-electron chi connectivity index (χ3n) is 7.19. The molecule has 1 N–H and O–H groups in total. The Hall–Kier alpha value is -1.14. The molecule has 2 heterocycles. The highest BCUT2D eigenvalue weighted by Gasteiger charge is 2.32. The van der Waals surface area contributed by atoms with Gasteiger partial charge in [0.05, 0.1) is 12.6 Å². The Balaban J connectivity index is 1.41. The van der Waals surface area contributed by atoms with Crippen LogP contribution in [0.25, 0.3) is 0 Å². The number of nitrogens with zero attached hydrogens (tertiary/aromatic N) is 3. The van der Waals surface area contributed by atoms with Crippen LogP contribution in [0, 0.1) is 11.8 Å². The van der Waals surface area contributed by atoms with Gasteiger partial charge in [-0.15, -0.1) is 0 Å². The molecule has 6 nitrogen and oxygen atoms in total. The van der Waals surface area contributed by atoms with E-state index in [4.69, 9.17) is 0 Å². The van der Waals surface area contributed by atoms with Crippen molar-refractivity contribution in [1.82, 2.24) is 20.0 Å². The van der Waals surface area contributed by atoms with Crippen molar-refractivity contribution in [2.75, 3.05) is 45.8 Å². The molecule has 4 unspecified atom stereocenters. The maximum absolute atomic E-state index is 12.8. The van der Waals surface area contributed by atoms with Crippen LogP contribution in [0.15, 0.2) is 0 Å². The van der Waals surface area contributed by atoms with Crippen molar-refractivity contribution < 1.29 is 9.59 Å². The number of hydrogen-bond acceptors (Lipinski definition) is 4. The first kappa shape index (κ1) is 20.6. The Bertz CT molecular complexity index is 512. The minimum absolute atomic E-state index is 0.0918. The fraction of sp³-hybridized carbons (Fsp3) is 0.905. The maximum Gasteiger partial charge on any atom is 0.237 e. The van der Waals surface area contributed by atoms with Gasteiger partial charge in [0.25, 0.3) is 0 Å². The standard InChI is InChI=1S/C21H38N4O2/c1-16-7-6-8-19(17(16)2)22-21(27)18(3)24-13-11-23(12-14-24)15-20(26)25-9-4-5-10-25/h16-19H,4-15H2,1-3H3,(H,22,27). The molecule has 0 bridgehead atoms. The Morgan fingerprint density at radius 2 is 1.63 bits per heavy atom. The minimum Gasteiger partial charge on any atom is -0.352 e. The molecule has 0 spiro atoms. The molecule has 3 rings (SSSR count). The lowest BCUT2D eigenvalue weighted by atomic mass is 9.78. The van der Waals surface area contributed by atoms with E-state index in [1.165, 1.54) is 12.8 Å². The molecule has 3 fully saturated rings. The third-order valence-corrected chi connectivity index (χ3v) is 7.19. The molecule has 0 aromatic carbocycles. The highest BCUT2D eigenvalue weighted by Crippen LogP contribution is 2.29. The average molecular weight is 379 g/mol. The molecule has 4 atom stereocenters.